The van der Waals surface area contributed by atoms with E-state index >= 15 is 0 Å². The van der Waals surface area contributed by atoms with Crippen molar-refractivity contribution in [2.45, 2.75) is 6.10 Å². The number of carbonyl (C=O) groups is 1. The van der Waals surface area contributed by atoms with E-state index in [4.69, 9.17) is 21.4 Å². The number of hydrogen-bond donors (Lipinski definition) is 2. The molecule has 1 aromatic rings. The van der Waals surface area contributed by atoms with Crippen LogP contribution in [0.15, 0.2) is 18.2 Å². The fraction of sp³-hybridized carbons (Fsp3) is 0.222. The van der Waals surface area contributed by atoms with Crippen LogP contribution in [0.1, 0.15) is 11.7 Å². The van der Waals surface area contributed by atoms with E-state index in [2.05, 4.69) is 0 Å². The molecule has 0 heterocycles. The highest BCUT2D eigenvalue weighted by Gasteiger charge is 2.20. The molecule has 2 N–H and O–H groups in total. The van der Waals surface area contributed by atoms with E-state index in [-0.39, 0.29) is 10.6 Å². The molecule has 4 nitrogen and oxygen atoms in total. The Balaban J connectivity index is 3.15. The normalized spacial score (nSPS) is 12.2. The zero-order valence-corrected chi connectivity index (χ0v) is 8.15. The van der Waals surface area contributed by atoms with Crippen LogP contribution in [0.3, 0.4) is 0 Å². The van der Waals surface area contributed by atoms with E-state index in [1.54, 1.807) is 12.1 Å². The largest absolute Gasteiger partial charge is 0.495 e. The van der Waals surface area contributed by atoms with Crippen molar-refractivity contribution in [2.75, 3.05) is 7.11 Å². The highest BCUT2D eigenvalue weighted by Crippen LogP contribution is 2.31. The summed E-state index contributed by atoms with van der Waals surface area (Å²) >= 11 is 5.80. The number of methoxy groups -OCH3 is 1. The predicted molar refractivity (Wildman–Crippen MR) is 50.6 cm³/mol. The van der Waals surface area contributed by atoms with Gasteiger partial charge in [0.05, 0.1) is 12.1 Å². The second kappa shape index (κ2) is 4.30. The molecule has 1 aromatic carbocycles. The van der Waals surface area contributed by atoms with Crippen LogP contribution in [-0.2, 0) is 4.79 Å². The number of aliphatic carboxylic acids is 1. The Bertz CT molecular complexity index is 351. The average Bonchev–Trinajstić information content (AvgIpc) is 2.17. The highest BCUT2D eigenvalue weighted by atomic mass is 35.5. The van der Waals surface area contributed by atoms with Crippen LogP contribution in [-0.4, -0.2) is 23.3 Å². The van der Waals surface area contributed by atoms with Crippen molar-refractivity contribution in [3.8, 4) is 5.75 Å². The maximum atomic E-state index is 10.5. The fourth-order valence-corrected chi connectivity index (χ4v) is 1.34. The molecule has 0 bridgehead atoms. The summed E-state index contributed by atoms with van der Waals surface area (Å²) < 4.78 is 4.88. The predicted octanol–water partition coefficient (Wildman–Crippen LogP) is 1.47. The van der Waals surface area contributed by atoms with E-state index in [0.717, 1.165) is 0 Å². The number of rotatable bonds is 3. The number of hydrogen-bond acceptors (Lipinski definition) is 3. The van der Waals surface area contributed by atoms with Crippen LogP contribution >= 0.6 is 11.6 Å². The van der Waals surface area contributed by atoms with E-state index in [9.17, 15) is 9.90 Å². The lowest BCUT2D eigenvalue weighted by Gasteiger charge is -2.10. The van der Waals surface area contributed by atoms with Gasteiger partial charge in [-0.05, 0) is 6.07 Å². The van der Waals surface area contributed by atoms with E-state index in [1.807, 2.05) is 0 Å². The third kappa shape index (κ3) is 1.97. The summed E-state index contributed by atoms with van der Waals surface area (Å²) in [6, 6.07) is 4.58. The summed E-state index contributed by atoms with van der Waals surface area (Å²) in [5, 5.41) is 17.9. The van der Waals surface area contributed by atoms with Gasteiger partial charge < -0.3 is 14.9 Å². The molecule has 0 radical (unpaired) electrons. The van der Waals surface area contributed by atoms with Gasteiger partial charge in [0.2, 0.25) is 0 Å². The van der Waals surface area contributed by atoms with Gasteiger partial charge >= 0.3 is 5.97 Å². The summed E-state index contributed by atoms with van der Waals surface area (Å²) in [6.45, 7) is 0. The van der Waals surface area contributed by atoms with Crippen molar-refractivity contribution in [2.24, 2.45) is 0 Å². The molecular formula is C9H9ClO4. The van der Waals surface area contributed by atoms with Crippen LogP contribution in [0, 0.1) is 0 Å². The third-order valence-electron chi connectivity index (χ3n) is 1.74. The Morgan fingerprint density at radius 1 is 1.57 bits per heavy atom. The van der Waals surface area contributed by atoms with Gasteiger partial charge in [-0.1, -0.05) is 23.7 Å². The summed E-state index contributed by atoms with van der Waals surface area (Å²) in [4.78, 5) is 10.5. The Kier molecular flexibility index (Phi) is 3.33. The SMILES string of the molecule is COc1cccc(C(O)C(=O)O)c1Cl. The van der Waals surface area contributed by atoms with Crippen molar-refractivity contribution in [3.63, 3.8) is 0 Å². The van der Waals surface area contributed by atoms with Gasteiger partial charge in [0.1, 0.15) is 5.75 Å². The molecule has 0 spiro atoms. The second-order valence-electron chi connectivity index (χ2n) is 2.60. The molecule has 5 heteroatoms. The first-order valence-corrected chi connectivity index (χ1v) is 4.19. The lowest BCUT2D eigenvalue weighted by Crippen LogP contribution is -2.11. The molecule has 1 rings (SSSR count). The topological polar surface area (TPSA) is 66.8 Å². The average molecular weight is 217 g/mol. The van der Waals surface area contributed by atoms with Crippen LogP contribution in [0.2, 0.25) is 5.02 Å². The maximum Gasteiger partial charge on any atom is 0.337 e. The van der Waals surface area contributed by atoms with E-state index in [0.29, 0.717) is 5.75 Å². The molecule has 14 heavy (non-hydrogen) atoms. The Hall–Kier alpha value is -1.26. The van der Waals surface area contributed by atoms with Gasteiger partial charge in [-0.15, -0.1) is 0 Å². The second-order valence-corrected chi connectivity index (χ2v) is 2.98. The fourth-order valence-electron chi connectivity index (χ4n) is 1.03. The number of aliphatic hydroxyl groups is 1. The molecule has 0 fully saturated rings. The summed E-state index contributed by atoms with van der Waals surface area (Å²) in [7, 11) is 1.41. The number of ether oxygens (including phenoxy) is 1. The molecule has 0 saturated heterocycles. The van der Waals surface area contributed by atoms with Crippen molar-refractivity contribution in [1.29, 1.82) is 0 Å². The molecule has 0 aliphatic heterocycles. The zero-order chi connectivity index (χ0) is 10.7. The molecule has 0 aliphatic carbocycles. The monoisotopic (exact) mass is 216 g/mol. The van der Waals surface area contributed by atoms with Gasteiger partial charge in [-0.25, -0.2) is 4.79 Å². The first kappa shape index (κ1) is 10.8. The number of halogens is 1. The third-order valence-corrected chi connectivity index (χ3v) is 2.15. The standard InChI is InChI=1S/C9H9ClO4/c1-14-6-4-2-3-5(7(6)10)8(11)9(12)13/h2-4,8,11H,1H3,(H,12,13). The Morgan fingerprint density at radius 3 is 2.71 bits per heavy atom. The van der Waals surface area contributed by atoms with Crippen LogP contribution < -0.4 is 4.74 Å². The first-order chi connectivity index (χ1) is 6.57. The summed E-state index contributed by atoms with van der Waals surface area (Å²) in [5.74, 6) is -1.01. The van der Waals surface area contributed by atoms with E-state index < -0.39 is 12.1 Å². The van der Waals surface area contributed by atoms with Gasteiger partial charge in [-0.3, -0.25) is 0 Å². The Morgan fingerprint density at radius 2 is 2.21 bits per heavy atom. The van der Waals surface area contributed by atoms with Crippen LogP contribution in [0.4, 0.5) is 0 Å². The number of carboxylic acid groups (broad SMARTS) is 1. The molecule has 1 atom stereocenters. The summed E-state index contributed by atoms with van der Waals surface area (Å²) in [5.41, 5.74) is 0.124. The molecule has 1 unspecified atom stereocenters. The molecule has 0 amide bonds. The minimum atomic E-state index is -1.63. The maximum absolute atomic E-state index is 10.5. The molecule has 0 saturated carbocycles. The van der Waals surface area contributed by atoms with Crippen LogP contribution in [0.5, 0.6) is 5.75 Å². The van der Waals surface area contributed by atoms with E-state index in [1.165, 1.54) is 13.2 Å². The molecule has 76 valence electrons. The lowest BCUT2D eigenvalue weighted by atomic mass is 10.1. The lowest BCUT2D eigenvalue weighted by molar-refractivity contribution is -0.146. The number of benzene rings is 1. The summed E-state index contributed by atoms with van der Waals surface area (Å²) in [6.07, 6.45) is -1.63. The zero-order valence-electron chi connectivity index (χ0n) is 7.40. The van der Waals surface area contributed by atoms with Crippen molar-refractivity contribution < 1.29 is 19.7 Å². The molecular weight excluding hydrogens is 208 g/mol. The minimum Gasteiger partial charge on any atom is -0.495 e. The van der Waals surface area contributed by atoms with Gasteiger partial charge in [-0.2, -0.15) is 0 Å². The first-order valence-electron chi connectivity index (χ1n) is 3.81. The number of carboxylic acids is 1. The minimum absolute atomic E-state index is 0.116. The van der Waals surface area contributed by atoms with Crippen molar-refractivity contribution >= 4 is 17.6 Å². The van der Waals surface area contributed by atoms with Gasteiger partial charge in [0.25, 0.3) is 0 Å². The van der Waals surface area contributed by atoms with Crippen molar-refractivity contribution in [3.05, 3.63) is 28.8 Å². The number of aliphatic hydroxyl groups excluding tert-OH is 1. The van der Waals surface area contributed by atoms with Crippen molar-refractivity contribution in [1.82, 2.24) is 0 Å². The highest BCUT2D eigenvalue weighted by molar-refractivity contribution is 6.33. The quantitative estimate of drug-likeness (QED) is 0.803. The Labute approximate surface area is 85.7 Å². The van der Waals surface area contributed by atoms with Gasteiger partial charge in [0.15, 0.2) is 6.10 Å². The van der Waals surface area contributed by atoms with Gasteiger partial charge in [0, 0.05) is 5.56 Å². The smallest absolute Gasteiger partial charge is 0.337 e. The molecule has 0 aromatic heterocycles. The molecule has 0 aliphatic rings. The van der Waals surface area contributed by atoms with Crippen LogP contribution in [0.25, 0.3) is 0 Å².